The van der Waals surface area contributed by atoms with Gasteiger partial charge < -0.3 is 24.0 Å². The van der Waals surface area contributed by atoms with E-state index >= 15 is 0 Å². The molecule has 1 aliphatic carbocycles. The molecular formula is C31H45F3N2O5. The van der Waals surface area contributed by atoms with Crippen LogP contribution in [-0.2, 0) is 20.4 Å². The van der Waals surface area contributed by atoms with Gasteiger partial charge in [-0.2, -0.15) is 13.2 Å². The van der Waals surface area contributed by atoms with Crippen molar-refractivity contribution in [2.24, 2.45) is 0 Å². The Morgan fingerprint density at radius 3 is 2.49 bits per heavy atom. The molecule has 10 heteroatoms. The molecule has 7 nitrogen and oxygen atoms in total. The molecule has 0 spiro atoms. The first-order valence-corrected chi connectivity index (χ1v) is 15.2. The van der Waals surface area contributed by atoms with Crippen LogP contribution in [0.25, 0.3) is 0 Å². The minimum Gasteiger partial charge on any atom is -0.473 e. The molecule has 2 unspecified atom stereocenters. The van der Waals surface area contributed by atoms with Crippen LogP contribution >= 0.6 is 0 Å². The number of carbonyl (C=O) groups is 2. The normalized spacial score (nSPS) is 23.6. The van der Waals surface area contributed by atoms with Crippen LogP contribution in [0, 0.1) is 0 Å². The van der Waals surface area contributed by atoms with Gasteiger partial charge in [0, 0.05) is 25.2 Å². The molecule has 2 aliphatic heterocycles. The van der Waals surface area contributed by atoms with Crippen molar-refractivity contribution in [3.8, 4) is 5.75 Å². The van der Waals surface area contributed by atoms with E-state index in [1.54, 1.807) is 11.8 Å². The van der Waals surface area contributed by atoms with Crippen LogP contribution in [0.15, 0.2) is 12.1 Å². The van der Waals surface area contributed by atoms with Crippen molar-refractivity contribution in [2.45, 2.75) is 122 Å². The number of amides is 2. The molecule has 1 aromatic rings. The number of ether oxygens (including phenoxy) is 3. The van der Waals surface area contributed by atoms with E-state index in [-0.39, 0.29) is 48.7 Å². The third-order valence-corrected chi connectivity index (χ3v) is 8.41. The second kappa shape index (κ2) is 13.3. The lowest BCUT2D eigenvalue weighted by Gasteiger charge is -2.42. The van der Waals surface area contributed by atoms with E-state index in [2.05, 4.69) is 0 Å². The maximum Gasteiger partial charge on any atom is 0.417 e. The highest BCUT2D eigenvalue weighted by molar-refractivity contribution is 6.05. The zero-order valence-electron chi connectivity index (χ0n) is 24.9. The molecule has 1 saturated heterocycles. The third kappa shape index (κ3) is 7.19. The van der Waals surface area contributed by atoms with Gasteiger partial charge in [-0.15, -0.1) is 0 Å². The molecule has 0 radical (unpaired) electrons. The minimum absolute atomic E-state index is 0.0660. The molecule has 1 aromatic carbocycles. The monoisotopic (exact) mass is 582 g/mol. The van der Waals surface area contributed by atoms with E-state index in [0.29, 0.717) is 19.6 Å². The van der Waals surface area contributed by atoms with Crippen LogP contribution < -0.4 is 9.64 Å². The fraction of sp³-hybridized carbons (Fsp3) is 0.742. The molecule has 230 valence electrons. The summed E-state index contributed by atoms with van der Waals surface area (Å²) in [5, 5.41) is 0. The Bertz CT molecular complexity index is 1070. The van der Waals surface area contributed by atoms with Crippen LogP contribution in [0.2, 0.25) is 0 Å². The summed E-state index contributed by atoms with van der Waals surface area (Å²) in [5.41, 5.74) is -2.80. The second-order valence-electron chi connectivity index (χ2n) is 12.1. The fourth-order valence-electron chi connectivity index (χ4n) is 6.27. The van der Waals surface area contributed by atoms with Crippen molar-refractivity contribution >= 4 is 17.5 Å². The van der Waals surface area contributed by atoms with Crippen LogP contribution in [-0.4, -0.2) is 66.9 Å². The third-order valence-electron chi connectivity index (χ3n) is 8.41. The Morgan fingerprint density at radius 2 is 1.88 bits per heavy atom. The van der Waals surface area contributed by atoms with E-state index in [4.69, 9.17) is 14.2 Å². The smallest absolute Gasteiger partial charge is 0.417 e. The van der Waals surface area contributed by atoms with Crippen molar-refractivity contribution in [1.29, 1.82) is 0 Å². The Morgan fingerprint density at radius 1 is 1.15 bits per heavy atom. The zero-order valence-corrected chi connectivity index (χ0v) is 24.9. The van der Waals surface area contributed by atoms with E-state index in [1.807, 2.05) is 20.8 Å². The van der Waals surface area contributed by atoms with E-state index < -0.39 is 28.8 Å². The van der Waals surface area contributed by atoms with Crippen molar-refractivity contribution in [3.05, 3.63) is 23.3 Å². The van der Waals surface area contributed by atoms with Gasteiger partial charge in [0.2, 0.25) is 5.60 Å². The number of nitrogens with zero attached hydrogens (tertiary/aromatic N) is 2. The van der Waals surface area contributed by atoms with E-state index in [0.717, 1.165) is 63.9 Å². The Kier molecular flexibility index (Phi) is 10.3. The number of halogens is 3. The lowest BCUT2D eigenvalue weighted by molar-refractivity contribution is -0.141. The number of unbranched alkanes of at least 4 members (excludes halogenated alkanes) is 2. The van der Waals surface area contributed by atoms with Gasteiger partial charge in [0.1, 0.15) is 5.75 Å². The first-order valence-electron chi connectivity index (χ1n) is 15.2. The van der Waals surface area contributed by atoms with E-state index in [1.165, 1.54) is 11.0 Å². The number of rotatable bonds is 11. The van der Waals surface area contributed by atoms with Gasteiger partial charge in [-0.1, -0.05) is 39.0 Å². The maximum absolute atomic E-state index is 14.5. The molecule has 0 N–H and O–H groups in total. The Hall–Kier alpha value is -2.33. The van der Waals surface area contributed by atoms with Crippen LogP contribution in [0.3, 0.4) is 0 Å². The van der Waals surface area contributed by atoms with Gasteiger partial charge in [-0.3, -0.25) is 9.59 Å². The van der Waals surface area contributed by atoms with E-state index in [9.17, 15) is 22.8 Å². The summed E-state index contributed by atoms with van der Waals surface area (Å²) < 4.78 is 61.1. The van der Waals surface area contributed by atoms with Gasteiger partial charge in [0.05, 0.1) is 36.1 Å². The lowest BCUT2D eigenvalue weighted by Crippen LogP contribution is -2.57. The van der Waals surface area contributed by atoms with Gasteiger partial charge in [-0.25, -0.2) is 0 Å². The zero-order chi connectivity index (χ0) is 29.8. The highest BCUT2D eigenvalue weighted by atomic mass is 19.4. The molecule has 1 saturated carbocycles. The number of carbonyl (C=O) groups excluding carboxylic acids is 2. The summed E-state index contributed by atoms with van der Waals surface area (Å²) in [7, 11) is 0. The van der Waals surface area contributed by atoms with Crippen molar-refractivity contribution in [2.75, 3.05) is 31.3 Å². The number of alkyl halides is 3. The van der Waals surface area contributed by atoms with Crippen LogP contribution in [0.1, 0.15) is 108 Å². The maximum atomic E-state index is 14.5. The molecule has 0 bridgehead atoms. The molecule has 4 rings (SSSR count). The molecule has 2 atom stereocenters. The average molecular weight is 583 g/mol. The molecule has 2 heterocycles. The molecule has 2 fully saturated rings. The van der Waals surface area contributed by atoms with Crippen LogP contribution in [0.5, 0.6) is 5.75 Å². The molecule has 41 heavy (non-hydrogen) atoms. The summed E-state index contributed by atoms with van der Waals surface area (Å²) in [4.78, 5) is 30.9. The minimum atomic E-state index is -4.79. The summed E-state index contributed by atoms with van der Waals surface area (Å²) in [6, 6.07) is 1.75. The summed E-state index contributed by atoms with van der Waals surface area (Å²) in [6.45, 7) is 8.39. The predicted molar refractivity (Wildman–Crippen MR) is 150 cm³/mol. The Labute approximate surface area is 241 Å². The second-order valence-corrected chi connectivity index (χ2v) is 12.1. The summed E-state index contributed by atoms with van der Waals surface area (Å²) >= 11 is 0. The van der Waals surface area contributed by atoms with Gasteiger partial charge in [0.25, 0.3) is 11.8 Å². The fourth-order valence-corrected chi connectivity index (χ4v) is 6.27. The highest BCUT2D eigenvalue weighted by Gasteiger charge is 2.48. The number of benzene rings is 1. The largest absolute Gasteiger partial charge is 0.473 e. The van der Waals surface area contributed by atoms with Gasteiger partial charge >= 0.3 is 6.18 Å². The number of hydrogen-bond donors (Lipinski definition) is 0. The first-order chi connectivity index (χ1) is 19.5. The van der Waals surface area contributed by atoms with Crippen molar-refractivity contribution in [3.63, 3.8) is 0 Å². The number of fused-ring (bicyclic) bond motifs is 1. The Balaban J connectivity index is 1.72. The first kappa shape index (κ1) is 31.6. The topological polar surface area (TPSA) is 68.3 Å². The van der Waals surface area contributed by atoms with Gasteiger partial charge in [0.15, 0.2) is 0 Å². The summed E-state index contributed by atoms with van der Waals surface area (Å²) in [6.07, 6.45) is 3.85. The quantitative estimate of drug-likeness (QED) is 0.270. The average Bonchev–Trinajstić information content (AvgIpc) is 3.44. The predicted octanol–water partition coefficient (Wildman–Crippen LogP) is 6.76. The molecule has 2 amide bonds. The lowest BCUT2D eigenvalue weighted by atomic mass is 9.92. The standard InChI is InChI=1S/C31H45F3N2O5/c1-5-6-10-15-35-26-17-24(28(37)36(21(2)3)22-12-8-7-9-13-22)25(31(32,33)34)18-27(26)41-30(4,29(35)38)20-39-19-23-14-11-16-40-23/h17-18,21-23H,5-16,19-20H2,1-4H3. The summed E-state index contributed by atoms with van der Waals surface area (Å²) in [5.74, 6) is -1.11. The highest BCUT2D eigenvalue weighted by Crippen LogP contribution is 2.45. The molecule has 0 aromatic heterocycles. The van der Waals surface area contributed by atoms with Crippen molar-refractivity contribution in [1.82, 2.24) is 4.90 Å². The number of hydrogen-bond acceptors (Lipinski definition) is 5. The molecular weight excluding hydrogens is 537 g/mol. The SMILES string of the molecule is CCCCCN1C(=O)C(C)(COCC2CCCO2)Oc2cc(C(F)(F)F)c(C(=O)N(C(C)C)C3CCCCC3)cc21. The van der Waals surface area contributed by atoms with Gasteiger partial charge in [-0.05, 0) is 65.0 Å². The number of anilines is 1. The van der Waals surface area contributed by atoms with Crippen LogP contribution in [0.4, 0.5) is 18.9 Å². The van der Waals surface area contributed by atoms with Crippen molar-refractivity contribution < 1.29 is 37.0 Å². The molecule has 3 aliphatic rings.